The average molecular weight is 818 g/mol. The molecule has 0 aliphatic carbocycles. The Balaban J connectivity index is 3.38. The molecule has 58 heavy (non-hydrogen) atoms. The van der Waals surface area contributed by atoms with Gasteiger partial charge in [-0.15, -0.1) is 0 Å². The molecule has 1 amide bonds. The number of aliphatic hydroxyl groups excluding tert-OH is 2. The molecule has 2 unspecified atom stereocenters. The monoisotopic (exact) mass is 818 g/mol. The number of amides is 1. The molecule has 0 saturated heterocycles. The van der Waals surface area contributed by atoms with Crippen molar-refractivity contribution in [2.45, 2.75) is 283 Å². The maximum atomic E-state index is 12.4. The van der Waals surface area contributed by atoms with Gasteiger partial charge < -0.3 is 20.3 Å². The van der Waals surface area contributed by atoms with Crippen molar-refractivity contribution in [2.75, 3.05) is 13.2 Å². The summed E-state index contributed by atoms with van der Waals surface area (Å²) in [5, 5.41) is 22.9. The van der Waals surface area contributed by atoms with Crippen molar-refractivity contribution in [3.8, 4) is 0 Å². The van der Waals surface area contributed by atoms with Gasteiger partial charge in [-0.3, -0.25) is 9.59 Å². The zero-order valence-electron chi connectivity index (χ0n) is 38.8. The SMILES string of the molecule is CCCC/C=C\CCCCCCCC(=O)OCCCCCCCCCCCCCCCCCCCCCCCC(=O)NC(CO)C(O)/C=C/CCCCCCCCC. The van der Waals surface area contributed by atoms with E-state index in [2.05, 4.69) is 31.3 Å². The van der Waals surface area contributed by atoms with E-state index in [0.717, 1.165) is 44.9 Å². The second-order valence-corrected chi connectivity index (χ2v) is 17.5. The van der Waals surface area contributed by atoms with Crippen LogP contribution in [0.5, 0.6) is 0 Å². The molecule has 6 heteroatoms. The first kappa shape index (κ1) is 56.3. The van der Waals surface area contributed by atoms with Crippen LogP contribution in [0.4, 0.5) is 0 Å². The summed E-state index contributed by atoms with van der Waals surface area (Å²) in [6, 6.07) is -0.626. The van der Waals surface area contributed by atoms with Crippen molar-refractivity contribution in [3.63, 3.8) is 0 Å². The van der Waals surface area contributed by atoms with Crippen LogP contribution < -0.4 is 5.32 Å². The standard InChI is InChI=1S/C52H99NO5/c1-3-5-7-9-11-13-25-30-34-38-42-46-52(57)58-47-43-39-35-31-27-24-22-20-18-16-14-15-17-19-21-23-26-29-33-37-41-45-51(56)53-49(48-54)50(55)44-40-36-32-28-12-10-8-6-4-2/h9,11,40,44,49-50,54-55H,3-8,10,12-39,41-43,45-48H2,1-2H3,(H,53,56)/b11-9-,44-40+. The van der Waals surface area contributed by atoms with E-state index in [0.29, 0.717) is 19.4 Å². The third-order valence-corrected chi connectivity index (χ3v) is 11.7. The van der Waals surface area contributed by atoms with Gasteiger partial charge in [0, 0.05) is 12.8 Å². The molecule has 342 valence electrons. The van der Waals surface area contributed by atoms with E-state index in [9.17, 15) is 19.8 Å². The molecular weight excluding hydrogens is 719 g/mol. The molecule has 0 fully saturated rings. The van der Waals surface area contributed by atoms with Crippen molar-refractivity contribution >= 4 is 11.9 Å². The summed E-state index contributed by atoms with van der Waals surface area (Å²) in [6.45, 7) is 4.83. The summed E-state index contributed by atoms with van der Waals surface area (Å²) in [6.07, 6.45) is 56.2. The molecule has 0 spiro atoms. The van der Waals surface area contributed by atoms with E-state index >= 15 is 0 Å². The number of carbonyl (C=O) groups excluding carboxylic acids is 2. The number of carbonyl (C=O) groups is 2. The van der Waals surface area contributed by atoms with E-state index < -0.39 is 12.1 Å². The minimum absolute atomic E-state index is 0.000361. The van der Waals surface area contributed by atoms with Crippen LogP contribution in [0.2, 0.25) is 0 Å². The molecule has 0 aromatic rings. The van der Waals surface area contributed by atoms with Crippen LogP contribution >= 0.6 is 0 Å². The van der Waals surface area contributed by atoms with Crippen molar-refractivity contribution in [3.05, 3.63) is 24.3 Å². The molecule has 0 heterocycles. The van der Waals surface area contributed by atoms with Crippen LogP contribution in [0.15, 0.2) is 24.3 Å². The lowest BCUT2D eigenvalue weighted by Gasteiger charge is -2.20. The second-order valence-electron chi connectivity index (χ2n) is 17.5. The van der Waals surface area contributed by atoms with Gasteiger partial charge in [-0.1, -0.05) is 231 Å². The largest absolute Gasteiger partial charge is 0.466 e. The van der Waals surface area contributed by atoms with Crippen LogP contribution in [0, 0.1) is 0 Å². The van der Waals surface area contributed by atoms with Crippen molar-refractivity contribution in [1.82, 2.24) is 5.32 Å². The Bertz CT molecular complexity index is 904. The van der Waals surface area contributed by atoms with E-state index in [-0.39, 0.29) is 18.5 Å². The predicted molar refractivity (Wildman–Crippen MR) is 250 cm³/mol. The third kappa shape index (κ3) is 43.9. The highest BCUT2D eigenvalue weighted by molar-refractivity contribution is 5.76. The molecule has 3 N–H and O–H groups in total. The molecule has 0 aromatic heterocycles. The fourth-order valence-corrected chi connectivity index (χ4v) is 7.73. The first-order valence-electron chi connectivity index (χ1n) is 25.6. The molecule has 0 aliphatic heterocycles. The molecule has 0 bridgehead atoms. The van der Waals surface area contributed by atoms with Crippen LogP contribution in [0.3, 0.4) is 0 Å². The molecule has 0 aromatic carbocycles. The summed E-state index contributed by atoms with van der Waals surface area (Å²) in [7, 11) is 0. The first-order valence-corrected chi connectivity index (χ1v) is 25.6. The van der Waals surface area contributed by atoms with Crippen molar-refractivity contribution < 1.29 is 24.5 Å². The van der Waals surface area contributed by atoms with E-state index in [4.69, 9.17) is 4.74 Å². The van der Waals surface area contributed by atoms with Crippen LogP contribution in [0.25, 0.3) is 0 Å². The fourth-order valence-electron chi connectivity index (χ4n) is 7.73. The molecule has 0 rings (SSSR count). The summed E-state index contributed by atoms with van der Waals surface area (Å²) in [5.41, 5.74) is 0. The number of ether oxygens (including phenoxy) is 1. The van der Waals surface area contributed by atoms with Gasteiger partial charge in [0.2, 0.25) is 5.91 Å². The summed E-state index contributed by atoms with van der Waals surface area (Å²) in [4.78, 5) is 24.3. The lowest BCUT2D eigenvalue weighted by molar-refractivity contribution is -0.143. The fraction of sp³-hybridized carbons (Fsp3) is 0.885. The number of hydrogen-bond acceptors (Lipinski definition) is 5. The van der Waals surface area contributed by atoms with Crippen LogP contribution in [0.1, 0.15) is 271 Å². The number of hydrogen-bond donors (Lipinski definition) is 3. The molecular formula is C52H99NO5. The lowest BCUT2D eigenvalue weighted by atomic mass is 10.0. The number of nitrogens with one attached hydrogen (secondary N) is 1. The lowest BCUT2D eigenvalue weighted by Crippen LogP contribution is -2.45. The Morgan fingerprint density at radius 3 is 1.28 bits per heavy atom. The van der Waals surface area contributed by atoms with Crippen LogP contribution in [-0.4, -0.2) is 47.4 Å². The maximum Gasteiger partial charge on any atom is 0.305 e. The first-order chi connectivity index (χ1) is 28.5. The number of unbranched alkanes of at least 4 members (excludes halogenated alkanes) is 34. The van der Waals surface area contributed by atoms with Gasteiger partial charge in [-0.05, 0) is 51.4 Å². The smallest absolute Gasteiger partial charge is 0.305 e. The summed E-state index contributed by atoms with van der Waals surface area (Å²) < 4.78 is 5.45. The zero-order chi connectivity index (χ0) is 42.3. The maximum absolute atomic E-state index is 12.4. The topological polar surface area (TPSA) is 95.9 Å². The van der Waals surface area contributed by atoms with Crippen LogP contribution in [-0.2, 0) is 14.3 Å². The average Bonchev–Trinajstić information content (AvgIpc) is 3.22. The van der Waals surface area contributed by atoms with Gasteiger partial charge in [-0.2, -0.15) is 0 Å². The highest BCUT2D eigenvalue weighted by atomic mass is 16.5. The summed E-state index contributed by atoms with van der Waals surface area (Å²) >= 11 is 0. The Hall–Kier alpha value is -1.66. The quantitative estimate of drug-likeness (QED) is 0.0323. The zero-order valence-corrected chi connectivity index (χ0v) is 38.8. The van der Waals surface area contributed by atoms with Crippen molar-refractivity contribution in [2.24, 2.45) is 0 Å². The Labute approximate surface area is 361 Å². The van der Waals surface area contributed by atoms with Gasteiger partial charge in [-0.25, -0.2) is 0 Å². The highest BCUT2D eigenvalue weighted by Gasteiger charge is 2.18. The predicted octanol–water partition coefficient (Wildman–Crippen LogP) is 15.1. The number of esters is 1. The van der Waals surface area contributed by atoms with Gasteiger partial charge in [0.15, 0.2) is 0 Å². The molecule has 0 radical (unpaired) electrons. The third-order valence-electron chi connectivity index (χ3n) is 11.7. The van der Waals surface area contributed by atoms with Gasteiger partial charge >= 0.3 is 5.97 Å². The Morgan fingerprint density at radius 1 is 0.466 bits per heavy atom. The Kier molecular flexibility index (Phi) is 46.6. The molecule has 0 aliphatic rings. The molecule has 2 atom stereocenters. The van der Waals surface area contributed by atoms with Gasteiger partial charge in [0.25, 0.3) is 0 Å². The number of allylic oxidation sites excluding steroid dienone is 3. The normalized spacial score (nSPS) is 12.8. The number of aliphatic hydroxyl groups is 2. The second kappa shape index (κ2) is 48.0. The molecule has 6 nitrogen and oxygen atoms in total. The van der Waals surface area contributed by atoms with Gasteiger partial charge in [0.05, 0.1) is 25.4 Å². The van der Waals surface area contributed by atoms with E-state index in [1.807, 2.05) is 6.08 Å². The van der Waals surface area contributed by atoms with Gasteiger partial charge in [0.1, 0.15) is 0 Å². The summed E-state index contributed by atoms with van der Waals surface area (Å²) in [5.74, 6) is -0.0724. The highest BCUT2D eigenvalue weighted by Crippen LogP contribution is 2.16. The minimum Gasteiger partial charge on any atom is -0.466 e. The number of rotatable bonds is 47. The molecule has 0 saturated carbocycles. The minimum atomic E-state index is -0.842. The van der Waals surface area contributed by atoms with E-state index in [1.54, 1.807) is 6.08 Å². The van der Waals surface area contributed by atoms with E-state index in [1.165, 1.54) is 199 Å². The Morgan fingerprint density at radius 2 is 0.828 bits per heavy atom. The van der Waals surface area contributed by atoms with Crippen molar-refractivity contribution in [1.29, 1.82) is 0 Å².